The number of halogens is 3. The molecule has 1 aliphatic heterocycles. The Morgan fingerprint density at radius 3 is 2.58 bits per heavy atom. The summed E-state index contributed by atoms with van der Waals surface area (Å²) in [5.74, 6) is -1.80. The summed E-state index contributed by atoms with van der Waals surface area (Å²) in [6.45, 7) is 8.61. The average Bonchev–Trinajstić information content (AvgIpc) is 3.60. The first-order valence-corrected chi connectivity index (χ1v) is 14.0. The minimum absolute atomic E-state index is 0.0287. The fourth-order valence-corrected chi connectivity index (χ4v) is 5.34. The number of H-pyrrole nitrogens is 1. The molecule has 11 heteroatoms. The molecule has 0 amide bonds. The monoisotopic (exact) mass is 588 g/mol. The second-order valence-electron chi connectivity index (χ2n) is 10.4. The molecule has 1 saturated heterocycles. The van der Waals surface area contributed by atoms with E-state index in [9.17, 15) is 13.2 Å². The third kappa shape index (κ3) is 5.55. The van der Waals surface area contributed by atoms with Gasteiger partial charge in [-0.2, -0.15) is 5.10 Å². The molecule has 0 saturated carbocycles. The van der Waals surface area contributed by atoms with Crippen molar-refractivity contribution in [1.29, 1.82) is 0 Å². The summed E-state index contributed by atoms with van der Waals surface area (Å²) in [4.78, 5) is 9.96. The first-order chi connectivity index (χ1) is 20.8. The highest BCUT2D eigenvalue weighted by atomic mass is 19.1. The Balaban J connectivity index is 1.28. The van der Waals surface area contributed by atoms with E-state index in [0.717, 1.165) is 53.1 Å². The molecule has 0 bridgehead atoms. The number of anilines is 2. The van der Waals surface area contributed by atoms with Crippen molar-refractivity contribution in [3.8, 4) is 17.3 Å². The van der Waals surface area contributed by atoms with Crippen molar-refractivity contribution in [2.75, 3.05) is 43.6 Å². The minimum atomic E-state index is -0.826. The Hall–Kier alpha value is -4.77. The first-order valence-electron chi connectivity index (χ1n) is 14.0. The highest BCUT2D eigenvalue weighted by Gasteiger charge is 2.20. The van der Waals surface area contributed by atoms with Gasteiger partial charge in [-0.1, -0.05) is 12.6 Å². The number of alkyl halides is 1. The number of hydrogen-bond donors (Lipinski definition) is 2. The summed E-state index contributed by atoms with van der Waals surface area (Å²) < 4.78 is 53.6. The van der Waals surface area contributed by atoms with E-state index in [1.807, 2.05) is 6.07 Å². The van der Waals surface area contributed by atoms with Crippen LogP contribution < -0.4 is 15.4 Å². The number of ether oxygens (including phenoxy) is 2. The van der Waals surface area contributed by atoms with Crippen LogP contribution in [-0.4, -0.2) is 52.7 Å². The third-order valence-electron chi connectivity index (χ3n) is 7.62. The van der Waals surface area contributed by atoms with Gasteiger partial charge in [-0.3, -0.25) is 4.39 Å². The number of aromatic amines is 1. The van der Waals surface area contributed by atoms with Gasteiger partial charge in [0, 0.05) is 52.6 Å². The molecule has 5 aromatic rings. The largest absolute Gasteiger partial charge is 0.433 e. The molecule has 1 aliphatic rings. The standard InChI is InChI=1S/C32H31F3N6O2/c1-19-13-30(43-31-24(34)6-3-7-25(31)35)37-18-29(19)41-32(36)23(17-38-41)20(2)26-15-22-16-28(40-9-11-42-12-10-40)21(5-4-8-33)14-27(22)39-26/h3,6-7,13-18,39H,2,4-5,8-12,36H2,1H3. The Kier molecular flexibility index (Phi) is 7.81. The molecular weight excluding hydrogens is 557 g/mol. The van der Waals surface area contributed by atoms with Crippen molar-refractivity contribution in [3.05, 3.63) is 95.5 Å². The van der Waals surface area contributed by atoms with Crippen molar-refractivity contribution in [1.82, 2.24) is 19.7 Å². The van der Waals surface area contributed by atoms with E-state index < -0.39 is 17.4 Å². The van der Waals surface area contributed by atoms with E-state index in [1.54, 1.807) is 19.2 Å². The van der Waals surface area contributed by atoms with Crippen molar-refractivity contribution in [2.24, 2.45) is 0 Å². The summed E-state index contributed by atoms with van der Waals surface area (Å²) >= 11 is 0. The molecule has 6 rings (SSSR count). The highest BCUT2D eigenvalue weighted by Crippen LogP contribution is 2.34. The predicted molar refractivity (Wildman–Crippen MR) is 161 cm³/mol. The van der Waals surface area contributed by atoms with Crippen molar-refractivity contribution in [2.45, 2.75) is 19.8 Å². The van der Waals surface area contributed by atoms with E-state index in [0.29, 0.717) is 54.3 Å². The minimum Gasteiger partial charge on any atom is -0.433 e. The molecule has 0 radical (unpaired) electrons. The van der Waals surface area contributed by atoms with Crippen LogP contribution in [0.15, 0.2) is 61.4 Å². The lowest BCUT2D eigenvalue weighted by Crippen LogP contribution is -2.36. The van der Waals surface area contributed by atoms with Crippen molar-refractivity contribution < 1.29 is 22.6 Å². The molecule has 3 N–H and O–H groups in total. The fourth-order valence-electron chi connectivity index (χ4n) is 5.34. The number of benzene rings is 2. The second kappa shape index (κ2) is 11.8. The lowest BCUT2D eigenvalue weighted by Gasteiger charge is -2.30. The van der Waals surface area contributed by atoms with Gasteiger partial charge in [0.05, 0.1) is 38.0 Å². The maximum atomic E-state index is 14.0. The Bertz CT molecular complexity index is 1790. The highest BCUT2D eigenvalue weighted by molar-refractivity contribution is 5.92. The van der Waals surface area contributed by atoms with E-state index >= 15 is 0 Å². The number of para-hydroxylation sites is 1. The zero-order valence-corrected chi connectivity index (χ0v) is 23.7. The van der Waals surface area contributed by atoms with Crippen LogP contribution in [0, 0.1) is 18.6 Å². The Morgan fingerprint density at radius 1 is 1.09 bits per heavy atom. The van der Waals surface area contributed by atoms with Crippen molar-refractivity contribution >= 4 is 28.0 Å². The SMILES string of the molecule is C=C(c1cc2cc(N3CCOCC3)c(CCCF)cc2[nH]1)c1cnn(-c2cnc(Oc3c(F)cccc3F)cc2C)c1N. The van der Waals surface area contributed by atoms with Gasteiger partial charge in [0.25, 0.3) is 0 Å². The van der Waals surface area contributed by atoms with E-state index in [2.05, 4.69) is 38.7 Å². The number of nitrogens with zero attached hydrogens (tertiary/aromatic N) is 4. The molecule has 2 aromatic carbocycles. The normalized spacial score (nSPS) is 13.5. The van der Waals surface area contributed by atoms with Gasteiger partial charge in [-0.25, -0.2) is 18.4 Å². The molecule has 0 spiro atoms. The van der Waals surface area contributed by atoms with Crippen LogP contribution in [0.1, 0.15) is 28.8 Å². The van der Waals surface area contributed by atoms with Crippen LogP contribution in [0.2, 0.25) is 0 Å². The number of morpholine rings is 1. The molecule has 0 atom stereocenters. The average molecular weight is 589 g/mol. The van der Waals surface area contributed by atoms with Gasteiger partial charge < -0.3 is 25.1 Å². The number of nitrogens with one attached hydrogen (secondary N) is 1. The lowest BCUT2D eigenvalue weighted by molar-refractivity contribution is 0.122. The van der Waals surface area contributed by atoms with Gasteiger partial charge in [0.1, 0.15) is 5.82 Å². The molecule has 0 aliphatic carbocycles. The number of nitrogens with two attached hydrogens (primary N) is 1. The maximum absolute atomic E-state index is 14.0. The first kappa shape index (κ1) is 28.4. The summed E-state index contributed by atoms with van der Waals surface area (Å²) in [6.07, 6.45) is 4.21. The van der Waals surface area contributed by atoms with Crippen LogP contribution in [0.5, 0.6) is 11.6 Å². The third-order valence-corrected chi connectivity index (χ3v) is 7.62. The number of nitrogen functional groups attached to an aromatic ring is 1. The summed E-state index contributed by atoms with van der Waals surface area (Å²) in [5, 5.41) is 5.48. The molecule has 8 nitrogen and oxygen atoms in total. The van der Waals surface area contributed by atoms with Gasteiger partial charge in [-0.15, -0.1) is 0 Å². The molecule has 4 heterocycles. The predicted octanol–water partition coefficient (Wildman–Crippen LogP) is 6.51. The molecule has 222 valence electrons. The van der Waals surface area contributed by atoms with E-state index in [1.165, 1.54) is 16.9 Å². The molecular formula is C32H31F3N6O2. The number of pyridine rings is 1. The zero-order chi connectivity index (χ0) is 30.1. The quantitative estimate of drug-likeness (QED) is 0.204. The molecule has 1 fully saturated rings. The number of rotatable bonds is 9. The smallest absolute Gasteiger partial charge is 0.219 e. The van der Waals surface area contributed by atoms with E-state index in [-0.39, 0.29) is 12.6 Å². The molecule has 0 unspecified atom stereocenters. The van der Waals surface area contributed by atoms with Gasteiger partial charge >= 0.3 is 0 Å². The molecule has 43 heavy (non-hydrogen) atoms. The molecule has 3 aromatic heterocycles. The van der Waals surface area contributed by atoms with Crippen LogP contribution >= 0.6 is 0 Å². The van der Waals surface area contributed by atoms with Crippen LogP contribution in [0.4, 0.5) is 24.7 Å². The summed E-state index contributed by atoms with van der Waals surface area (Å²) in [5.41, 5.74) is 13.0. The van der Waals surface area contributed by atoms with E-state index in [4.69, 9.17) is 15.2 Å². The van der Waals surface area contributed by atoms with Gasteiger partial charge in [-0.05, 0) is 61.2 Å². The van der Waals surface area contributed by atoms with Crippen LogP contribution in [0.25, 0.3) is 22.2 Å². The number of aromatic nitrogens is 4. The maximum Gasteiger partial charge on any atom is 0.219 e. The summed E-state index contributed by atoms with van der Waals surface area (Å²) in [6, 6.07) is 11.3. The Morgan fingerprint density at radius 2 is 1.86 bits per heavy atom. The Labute approximate surface area is 246 Å². The summed E-state index contributed by atoms with van der Waals surface area (Å²) in [7, 11) is 0. The topological polar surface area (TPSA) is 94.2 Å². The van der Waals surface area contributed by atoms with Gasteiger partial charge in [0.15, 0.2) is 11.6 Å². The van der Waals surface area contributed by atoms with Crippen molar-refractivity contribution in [3.63, 3.8) is 0 Å². The second-order valence-corrected chi connectivity index (χ2v) is 10.4. The van der Waals surface area contributed by atoms with Crippen LogP contribution in [-0.2, 0) is 11.2 Å². The fraction of sp³-hybridized carbons (Fsp3) is 0.250. The number of aryl methyl sites for hydroxylation is 2. The lowest BCUT2D eigenvalue weighted by atomic mass is 10.0. The van der Waals surface area contributed by atoms with Gasteiger partial charge in [0.2, 0.25) is 11.6 Å². The number of hydrogen-bond acceptors (Lipinski definition) is 6. The zero-order valence-electron chi connectivity index (χ0n) is 23.7. The van der Waals surface area contributed by atoms with Crippen LogP contribution in [0.3, 0.4) is 0 Å². The number of fused-ring (bicyclic) bond motifs is 1.